The SMILES string of the molecule is COc1ccccc1NN(C(=O)C(F)(F)F)C1=CCCCCC1. The summed E-state index contributed by atoms with van der Waals surface area (Å²) in [6.07, 6.45) is 0.408. The van der Waals surface area contributed by atoms with Crippen molar-refractivity contribution in [1.29, 1.82) is 0 Å². The molecule has 0 bridgehead atoms. The van der Waals surface area contributed by atoms with Crippen LogP contribution in [0.15, 0.2) is 36.0 Å². The first-order valence-corrected chi connectivity index (χ1v) is 7.43. The van der Waals surface area contributed by atoms with Gasteiger partial charge in [0, 0.05) is 5.70 Å². The summed E-state index contributed by atoms with van der Waals surface area (Å²) < 4.78 is 44.0. The third-order valence-corrected chi connectivity index (χ3v) is 3.59. The summed E-state index contributed by atoms with van der Waals surface area (Å²) in [7, 11) is 1.42. The van der Waals surface area contributed by atoms with Gasteiger partial charge in [0.25, 0.3) is 0 Å². The minimum atomic E-state index is -4.96. The van der Waals surface area contributed by atoms with Crippen molar-refractivity contribution in [2.24, 2.45) is 0 Å². The van der Waals surface area contributed by atoms with Gasteiger partial charge in [-0.05, 0) is 37.8 Å². The van der Waals surface area contributed by atoms with Crippen molar-refractivity contribution >= 4 is 11.6 Å². The summed E-state index contributed by atoms with van der Waals surface area (Å²) in [4.78, 5) is 11.8. The number of allylic oxidation sites excluding steroid dienone is 2. The quantitative estimate of drug-likeness (QED) is 0.840. The normalized spacial score (nSPS) is 15.4. The van der Waals surface area contributed by atoms with E-state index >= 15 is 0 Å². The standard InChI is InChI=1S/C16H19F3N2O2/c1-23-14-11-7-6-10-13(14)20-21(15(22)16(17,18)19)12-8-4-2-3-5-9-12/h6-8,10-11,20H,2-5,9H2,1H3. The number of anilines is 1. The minimum Gasteiger partial charge on any atom is -0.495 e. The lowest BCUT2D eigenvalue weighted by molar-refractivity contribution is -0.182. The van der Waals surface area contributed by atoms with E-state index in [1.54, 1.807) is 30.3 Å². The summed E-state index contributed by atoms with van der Waals surface area (Å²) in [5.74, 6) is -1.57. The number of hydrogen-bond donors (Lipinski definition) is 1. The fourth-order valence-corrected chi connectivity index (χ4v) is 2.44. The molecule has 1 amide bonds. The minimum absolute atomic E-state index is 0.303. The maximum atomic E-state index is 13.0. The number of para-hydroxylation sites is 2. The summed E-state index contributed by atoms with van der Waals surface area (Å²) in [5.41, 5.74) is 3.22. The van der Waals surface area contributed by atoms with Gasteiger partial charge in [0.2, 0.25) is 0 Å². The largest absolute Gasteiger partial charge is 0.495 e. The predicted molar refractivity (Wildman–Crippen MR) is 80.7 cm³/mol. The van der Waals surface area contributed by atoms with Crippen LogP contribution in [0.4, 0.5) is 18.9 Å². The van der Waals surface area contributed by atoms with Crippen molar-refractivity contribution in [3.8, 4) is 5.75 Å². The van der Waals surface area contributed by atoms with Crippen LogP contribution in [0.1, 0.15) is 32.1 Å². The Morgan fingerprint density at radius 2 is 1.96 bits per heavy atom. The molecule has 23 heavy (non-hydrogen) atoms. The first-order valence-electron chi connectivity index (χ1n) is 7.43. The second-order valence-electron chi connectivity index (χ2n) is 5.25. The summed E-state index contributed by atoms with van der Waals surface area (Å²) >= 11 is 0. The molecule has 0 unspecified atom stereocenters. The third kappa shape index (κ3) is 4.40. The van der Waals surface area contributed by atoms with Crippen LogP contribution in [-0.4, -0.2) is 24.2 Å². The van der Waals surface area contributed by atoms with Crippen molar-refractivity contribution in [2.45, 2.75) is 38.3 Å². The van der Waals surface area contributed by atoms with E-state index < -0.39 is 12.1 Å². The highest BCUT2D eigenvalue weighted by atomic mass is 19.4. The number of rotatable bonds is 4. The van der Waals surface area contributed by atoms with Crippen LogP contribution in [0, 0.1) is 0 Å². The molecule has 1 aliphatic rings. The first kappa shape index (κ1) is 17.2. The van der Waals surface area contributed by atoms with Crippen LogP contribution in [0.3, 0.4) is 0 Å². The maximum Gasteiger partial charge on any atom is 0.473 e. The zero-order valence-electron chi connectivity index (χ0n) is 12.8. The Balaban J connectivity index is 2.33. The zero-order chi connectivity index (χ0) is 16.9. The number of nitrogens with one attached hydrogen (secondary N) is 1. The molecule has 0 heterocycles. The third-order valence-electron chi connectivity index (χ3n) is 3.59. The van der Waals surface area contributed by atoms with E-state index in [-0.39, 0.29) is 0 Å². The van der Waals surface area contributed by atoms with Crippen molar-refractivity contribution < 1.29 is 22.7 Å². The Morgan fingerprint density at radius 1 is 1.22 bits per heavy atom. The van der Waals surface area contributed by atoms with E-state index in [1.165, 1.54) is 7.11 Å². The van der Waals surface area contributed by atoms with E-state index in [0.29, 0.717) is 35.0 Å². The predicted octanol–water partition coefficient (Wildman–Crippen LogP) is 4.26. The summed E-state index contributed by atoms with van der Waals surface area (Å²) in [6.45, 7) is 0. The number of carbonyl (C=O) groups excluding carboxylic acids is 1. The molecule has 1 aliphatic carbocycles. The topological polar surface area (TPSA) is 41.6 Å². The molecular weight excluding hydrogens is 309 g/mol. The van der Waals surface area contributed by atoms with Gasteiger partial charge < -0.3 is 4.74 Å². The maximum absolute atomic E-state index is 13.0. The lowest BCUT2D eigenvalue weighted by atomic mass is 10.2. The van der Waals surface area contributed by atoms with Gasteiger partial charge in [-0.2, -0.15) is 13.2 Å². The average Bonchev–Trinajstić information content (AvgIpc) is 2.80. The van der Waals surface area contributed by atoms with Gasteiger partial charge >= 0.3 is 12.1 Å². The Hall–Kier alpha value is -2.18. The molecule has 4 nitrogen and oxygen atoms in total. The molecule has 0 saturated heterocycles. The highest BCUT2D eigenvalue weighted by molar-refractivity contribution is 5.85. The molecular formula is C16H19F3N2O2. The van der Waals surface area contributed by atoms with Crippen LogP contribution in [0.25, 0.3) is 0 Å². The molecule has 126 valence electrons. The summed E-state index contributed by atoms with van der Waals surface area (Å²) in [5, 5.41) is 0.600. The Labute approximate surface area is 132 Å². The second-order valence-corrected chi connectivity index (χ2v) is 5.25. The van der Waals surface area contributed by atoms with Gasteiger partial charge in [-0.3, -0.25) is 10.2 Å². The number of hydrogen-bond acceptors (Lipinski definition) is 3. The van der Waals surface area contributed by atoms with Gasteiger partial charge in [-0.1, -0.05) is 24.6 Å². The average molecular weight is 328 g/mol. The number of carbonyl (C=O) groups is 1. The molecule has 1 N–H and O–H groups in total. The fourth-order valence-electron chi connectivity index (χ4n) is 2.44. The van der Waals surface area contributed by atoms with Crippen molar-refractivity contribution in [1.82, 2.24) is 5.01 Å². The van der Waals surface area contributed by atoms with E-state index in [2.05, 4.69) is 5.43 Å². The number of halogens is 3. The number of nitrogens with zero attached hydrogens (tertiary/aromatic N) is 1. The zero-order valence-corrected chi connectivity index (χ0v) is 12.8. The number of hydrazine groups is 1. The number of alkyl halides is 3. The van der Waals surface area contributed by atoms with Crippen molar-refractivity contribution in [3.63, 3.8) is 0 Å². The van der Waals surface area contributed by atoms with Crippen LogP contribution < -0.4 is 10.2 Å². The molecule has 0 aromatic heterocycles. The second kappa shape index (κ2) is 7.39. The van der Waals surface area contributed by atoms with E-state index in [0.717, 1.165) is 19.3 Å². The molecule has 0 spiro atoms. The summed E-state index contributed by atoms with van der Waals surface area (Å²) in [6, 6.07) is 6.53. The monoisotopic (exact) mass is 328 g/mol. The van der Waals surface area contributed by atoms with Gasteiger partial charge in [0.1, 0.15) is 5.75 Å². The number of methoxy groups -OCH3 is 1. The van der Waals surface area contributed by atoms with Gasteiger partial charge in [0.15, 0.2) is 0 Å². The van der Waals surface area contributed by atoms with Gasteiger partial charge in [0.05, 0.1) is 12.8 Å². The van der Waals surface area contributed by atoms with E-state index in [1.807, 2.05) is 0 Å². The molecule has 2 rings (SSSR count). The van der Waals surface area contributed by atoms with Crippen LogP contribution in [0.2, 0.25) is 0 Å². The number of amides is 1. The number of benzene rings is 1. The van der Waals surface area contributed by atoms with Crippen LogP contribution >= 0.6 is 0 Å². The molecule has 0 saturated carbocycles. The van der Waals surface area contributed by atoms with Crippen molar-refractivity contribution in [2.75, 3.05) is 12.5 Å². The highest BCUT2D eigenvalue weighted by Crippen LogP contribution is 2.30. The molecule has 1 aromatic carbocycles. The lowest BCUT2D eigenvalue weighted by Crippen LogP contribution is -2.44. The smallest absolute Gasteiger partial charge is 0.473 e. The molecule has 1 aromatic rings. The van der Waals surface area contributed by atoms with E-state index in [9.17, 15) is 18.0 Å². The Kier molecular flexibility index (Phi) is 5.52. The van der Waals surface area contributed by atoms with Gasteiger partial charge in [-0.25, -0.2) is 5.01 Å². The molecule has 7 heteroatoms. The molecule has 0 fully saturated rings. The highest BCUT2D eigenvalue weighted by Gasteiger charge is 2.44. The Morgan fingerprint density at radius 3 is 2.65 bits per heavy atom. The number of ether oxygens (including phenoxy) is 1. The molecule has 0 aliphatic heterocycles. The fraction of sp³-hybridized carbons (Fsp3) is 0.438. The van der Waals surface area contributed by atoms with E-state index in [4.69, 9.17) is 4.74 Å². The molecule has 0 radical (unpaired) electrons. The van der Waals surface area contributed by atoms with Gasteiger partial charge in [-0.15, -0.1) is 0 Å². The van der Waals surface area contributed by atoms with Crippen LogP contribution in [-0.2, 0) is 4.79 Å². The first-order chi connectivity index (χ1) is 10.9. The Bertz CT molecular complexity index is 585. The van der Waals surface area contributed by atoms with Crippen LogP contribution in [0.5, 0.6) is 5.75 Å². The lowest BCUT2D eigenvalue weighted by Gasteiger charge is -2.28. The molecule has 0 atom stereocenters. The van der Waals surface area contributed by atoms with Crippen molar-refractivity contribution in [3.05, 3.63) is 36.0 Å².